The highest BCUT2D eigenvalue weighted by molar-refractivity contribution is 7.89. The Balaban J connectivity index is 1.53. The first-order valence-corrected chi connectivity index (χ1v) is 12.3. The van der Waals surface area contributed by atoms with E-state index in [9.17, 15) is 18.0 Å². The lowest BCUT2D eigenvalue weighted by Gasteiger charge is -2.37. The van der Waals surface area contributed by atoms with Crippen molar-refractivity contribution in [1.82, 2.24) is 19.5 Å². The summed E-state index contributed by atoms with van der Waals surface area (Å²) in [5, 5.41) is 2.97. The summed E-state index contributed by atoms with van der Waals surface area (Å²) in [4.78, 5) is 31.3. The first-order chi connectivity index (χ1) is 14.4. The van der Waals surface area contributed by atoms with Crippen molar-refractivity contribution < 1.29 is 18.0 Å². The van der Waals surface area contributed by atoms with Gasteiger partial charge in [-0.05, 0) is 44.2 Å². The van der Waals surface area contributed by atoms with Crippen LogP contribution in [0.25, 0.3) is 0 Å². The van der Waals surface area contributed by atoms with E-state index >= 15 is 0 Å². The summed E-state index contributed by atoms with van der Waals surface area (Å²) < 4.78 is 26.9. The molecule has 8 nitrogen and oxygen atoms in total. The minimum atomic E-state index is -3.57. The first kappa shape index (κ1) is 22.7. The number of nitrogens with one attached hydrogen (secondary N) is 1. The zero-order valence-corrected chi connectivity index (χ0v) is 18.4. The molecule has 3 rings (SSSR count). The Morgan fingerprint density at radius 1 is 1.17 bits per heavy atom. The number of amides is 2. The number of hydrogen-bond acceptors (Lipinski definition) is 5. The Bertz CT molecular complexity index is 823. The van der Waals surface area contributed by atoms with Crippen LogP contribution in [-0.2, 0) is 19.6 Å². The molecule has 2 aliphatic rings. The van der Waals surface area contributed by atoms with Crippen molar-refractivity contribution in [2.75, 3.05) is 32.7 Å². The molecular formula is C21H32N4O4S. The molecule has 2 aliphatic heterocycles. The molecule has 0 aromatic carbocycles. The van der Waals surface area contributed by atoms with Gasteiger partial charge < -0.3 is 10.2 Å². The number of unbranched alkanes of at least 4 members (excludes halogenated alkanes) is 1. The third-order valence-electron chi connectivity index (χ3n) is 6.01. The number of piperidine rings is 2. The van der Waals surface area contributed by atoms with Gasteiger partial charge in [0.25, 0.3) is 0 Å². The van der Waals surface area contributed by atoms with Crippen LogP contribution in [-0.4, -0.2) is 67.1 Å². The highest BCUT2D eigenvalue weighted by Crippen LogP contribution is 2.27. The average molecular weight is 437 g/mol. The lowest BCUT2D eigenvalue weighted by Crippen LogP contribution is -2.49. The maximum absolute atomic E-state index is 13.0. The molecule has 0 saturated carbocycles. The molecule has 0 bridgehead atoms. The van der Waals surface area contributed by atoms with E-state index in [1.807, 2.05) is 4.90 Å². The number of likely N-dealkylation sites (tertiary alicyclic amines) is 1. The summed E-state index contributed by atoms with van der Waals surface area (Å²) in [6, 6.07) is 3.15. The summed E-state index contributed by atoms with van der Waals surface area (Å²) in [6.45, 7) is 4.55. The molecule has 1 unspecified atom stereocenters. The van der Waals surface area contributed by atoms with Crippen LogP contribution in [0.2, 0.25) is 0 Å². The molecule has 1 atom stereocenters. The lowest BCUT2D eigenvalue weighted by molar-refractivity contribution is -0.140. The van der Waals surface area contributed by atoms with Gasteiger partial charge in [0.05, 0.1) is 5.92 Å². The molecule has 0 spiro atoms. The first-order valence-electron chi connectivity index (χ1n) is 10.9. The molecule has 2 fully saturated rings. The minimum Gasteiger partial charge on any atom is -0.356 e. The predicted octanol–water partition coefficient (Wildman–Crippen LogP) is 1.64. The van der Waals surface area contributed by atoms with E-state index < -0.39 is 10.0 Å². The Labute approximate surface area is 179 Å². The van der Waals surface area contributed by atoms with Crippen molar-refractivity contribution in [2.45, 2.75) is 50.3 Å². The second-order valence-corrected chi connectivity index (χ2v) is 10.1. The Morgan fingerprint density at radius 2 is 1.93 bits per heavy atom. The molecule has 2 amide bonds. The van der Waals surface area contributed by atoms with E-state index in [-0.39, 0.29) is 28.5 Å². The van der Waals surface area contributed by atoms with Gasteiger partial charge in [-0.3, -0.25) is 14.6 Å². The number of hydrogen-bond donors (Lipinski definition) is 1. The number of carbonyl (C=O) groups excluding carboxylic acids is 2. The molecule has 166 valence electrons. The zero-order valence-electron chi connectivity index (χ0n) is 17.6. The molecule has 1 N–H and O–H groups in total. The minimum absolute atomic E-state index is 0.0401. The fraction of sp³-hybridized carbons (Fsp3) is 0.667. The summed E-state index contributed by atoms with van der Waals surface area (Å²) in [5.74, 6) is -0.240. The number of nitrogens with zero attached hydrogens (tertiary/aromatic N) is 3. The van der Waals surface area contributed by atoms with Crippen LogP contribution in [0.3, 0.4) is 0 Å². The van der Waals surface area contributed by atoms with Crippen LogP contribution in [0.15, 0.2) is 29.4 Å². The normalized spacial score (nSPS) is 21.4. The molecule has 3 heterocycles. The summed E-state index contributed by atoms with van der Waals surface area (Å²) in [5.41, 5.74) is 0. The van der Waals surface area contributed by atoms with Gasteiger partial charge in [-0.2, -0.15) is 4.31 Å². The summed E-state index contributed by atoms with van der Waals surface area (Å²) >= 11 is 0. The Kier molecular flexibility index (Phi) is 7.82. The van der Waals surface area contributed by atoms with Gasteiger partial charge in [0.1, 0.15) is 4.90 Å². The maximum atomic E-state index is 13.0. The van der Waals surface area contributed by atoms with Crippen LogP contribution >= 0.6 is 0 Å². The van der Waals surface area contributed by atoms with Crippen molar-refractivity contribution >= 4 is 21.8 Å². The van der Waals surface area contributed by atoms with E-state index in [0.29, 0.717) is 45.6 Å². The average Bonchev–Trinajstić information content (AvgIpc) is 2.79. The third kappa shape index (κ3) is 5.37. The van der Waals surface area contributed by atoms with Gasteiger partial charge in [-0.15, -0.1) is 0 Å². The van der Waals surface area contributed by atoms with Crippen LogP contribution in [0, 0.1) is 11.8 Å². The van der Waals surface area contributed by atoms with E-state index in [1.165, 1.54) is 10.5 Å². The Morgan fingerprint density at radius 3 is 2.60 bits per heavy atom. The SMILES string of the molecule is CCCCNC(=O)C1CCCN(C(=O)C2CCN(S(=O)(=O)c3cccnc3)CC2)C1. The standard InChI is InChI=1S/C21H32N4O4S/c1-2-3-11-23-20(26)18-6-5-12-24(16-18)21(27)17-8-13-25(14-9-17)30(28,29)19-7-4-10-22-15-19/h4,7,10,15,17-18H,2-3,5-6,8-9,11-14,16H2,1H3,(H,23,26). The molecule has 0 radical (unpaired) electrons. The van der Waals surface area contributed by atoms with Crippen molar-refractivity contribution in [3.05, 3.63) is 24.5 Å². The quantitative estimate of drug-likeness (QED) is 0.655. The van der Waals surface area contributed by atoms with Gasteiger partial charge in [0.15, 0.2) is 0 Å². The van der Waals surface area contributed by atoms with Gasteiger partial charge in [-0.1, -0.05) is 13.3 Å². The maximum Gasteiger partial charge on any atom is 0.244 e. The monoisotopic (exact) mass is 436 g/mol. The molecule has 2 saturated heterocycles. The molecule has 1 aromatic heterocycles. The van der Waals surface area contributed by atoms with Crippen LogP contribution < -0.4 is 5.32 Å². The molecule has 1 aromatic rings. The summed E-state index contributed by atoms with van der Waals surface area (Å²) in [6.07, 6.45) is 7.53. The smallest absolute Gasteiger partial charge is 0.244 e. The van der Waals surface area contributed by atoms with Crippen LogP contribution in [0.1, 0.15) is 45.4 Å². The molecular weight excluding hydrogens is 404 g/mol. The van der Waals surface area contributed by atoms with Crippen molar-refractivity contribution in [1.29, 1.82) is 0 Å². The number of carbonyl (C=O) groups is 2. The van der Waals surface area contributed by atoms with Gasteiger partial charge in [-0.25, -0.2) is 8.42 Å². The number of aromatic nitrogens is 1. The fourth-order valence-electron chi connectivity index (χ4n) is 4.17. The van der Waals surface area contributed by atoms with E-state index in [2.05, 4.69) is 17.2 Å². The van der Waals surface area contributed by atoms with Crippen LogP contribution in [0.4, 0.5) is 0 Å². The van der Waals surface area contributed by atoms with Crippen molar-refractivity contribution in [3.8, 4) is 0 Å². The van der Waals surface area contributed by atoms with Crippen molar-refractivity contribution in [2.24, 2.45) is 11.8 Å². The van der Waals surface area contributed by atoms with E-state index in [1.54, 1.807) is 18.3 Å². The number of rotatable bonds is 7. The molecule has 30 heavy (non-hydrogen) atoms. The molecule has 9 heteroatoms. The summed E-state index contributed by atoms with van der Waals surface area (Å²) in [7, 11) is -3.57. The van der Waals surface area contributed by atoms with Gasteiger partial charge >= 0.3 is 0 Å². The molecule has 0 aliphatic carbocycles. The number of sulfonamides is 1. The van der Waals surface area contributed by atoms with E-state index in [4.69, 9.17) is 0 Å². The highest BCUT2D eigenvalue weighted by atomic mass is 32.2. The van der Waals surface area contributed by atoms with Crippen molar-refractivity contribution in [3.63, 3.8) is 0 Å². The predicted molar refractivity (Wildman–Crippen MR) is 113 cm³/mol. The third-order valence-corrected chi connectivity index (χ3v) is 7.89. The van der Waals surface area contributed by atoms with E-state index in [0.717, 1.165) is 25.7 Å². The van der Waals surface area contributed by atoms with Gasteiger partial charge in [0.2, 0.25) is 21.8 Å². The van der Waals surface area contributed by atoms with Gasteiger partial charge in [0, 0.05) is 51.0 Å². The number of pyridine rings is 1. The Hall–Kier alpha value is -2.00. The lowest BCUT2D eigenvalue weighted by atomic mass is 9.92. The van der Waals surface area contributed by atoms with Crippen LogP contribution in [0.5, 0.6) is 0 Å². The largest absolute Gasteiger partial charge is 0.356 e. The second-order valence-electron chi connectivity index (χ2n) is 8.14. The second kappa shape index (κ2) is 10.3. The topological polar surface area (TPSA) is 99.7 Å². The highest BCUT2D eigenvalue weighted by Gasteiger charge is 2.36. The zero-order chi connectivity index (χ0) is 21.6. The fourth-order valence-corrected chi connectivity index (χ4v) is 5.61.